The Morgan fingerprint density at radius 3 is 2.44 bits per heavy atom. The van der Waals surface area contributed by atoms with E-state index in [0.717, 1.165) is 6.07 Å². The van der Waals surface area contributed by atoms with Crippen LogP contribution in [0.25, 0.3) is 0 Å². The molecule has 0 heterocycles. The molecule has 0 aliphatic carbocycles. The molecule has 1 aromatic carbocycles. The highest BCUT2D eigenvalue weighted by Gasteiger charge is 2.40. The van der Waals surface area contributed by atoms with E-state index in [1.54, 1.807) is 0 Å². The lowest BCUT2D eigenvalue weighted by molar-refractivity contribution is -0.164. The molecule has 1 rings (SSSR count). The van der Waals surface area contributed by atoms with Crippen molar-refractivity contribution in [2.24, 2.45) is 0 Å². The molecule has 0 saturated heterocycles. The van der Waals surface area contributed by atoms with Crippen LogP contribution in [-0.2, 0) is 11.2 Å². The third-order valence-corrected chi connectivity index (χ3v) is 2.20. The summed E-state index contributed by atoms with van der Waals surface area (Å²) < 4.78 is 51.3. The second kappa shape index (κ2) is 4.29. The number of benzene rings is 1. The summed E-state index contributed by atoms with van der Waals surface area (Å²) in [6, 6.07) is 1.55. The molecule has 16 heavy (non-hydrogen) atoms. The predicted molar refractivity (Wildman–Crippen MR) is 47.7 cm³/mol. The highest BCUT2D eigenvalue weighted by atomic mass is 35.5. The van der Waals surface area contributed by atoms with E-state index in [4.69, 9.17) is 16.7 Å². The number of alkyl halides is 2. The van der Waals surface area contributed by atoms with Crippen LogP contribution in [0, 0.1) is 11.6 Å². The van der Waals surface area contributed by atoms with Crippen molar-refractivity contribution in [3.63, 3.8) is 0 Å². The molecule has 0 aliphatic rings. The maximum atomic E-state index is 13.1. The summed E-state index contributed by atoms with van der Waals surface area (Å²) in [5.41, 5.74) is -0.853. The third kappa shape index (κ3) is 2.44. The zero-order valence-corrected chi connectivity index (χ0v) is 8.36. The van der Waals surface area contributed by atoms with Gasteiger partial charge in [-0.1, -0.05) is 11.6 Å². The molecule has 0 spiro atoms. The van der Waals surface area contributed by atoms with Crippen molar-refractivity contribution in [3.8, 4) is 0 Å². The lowest BCUT2D eigenvalue weighted by Crippen LogP contribution is -2.31. The first-order valence-corrected chi connectivity index (χ1v) is 4.37. The van der Waals surface area contributed by atoms with E-state index in [-0.39, 0.29) is 0 Å². The van der Waals surface area contributed by atoms with E-state index in [9.17, 15) is 22.4 Å². The number of hydrogen-bond acceptors (Lipinski definition) is 1. The second-order valence-electron chi connectivity index (χ2n) is 3.01. The van der Waals surface area contributed by atoms with Gasteiger partial charge in [-0.05, 0) is 12.1 Å². The van der Waals surface area contributed by atoms with Gasteiger partial charge in [0.25, 0.3) is 0 Å². The van der Waals surface area contributed by atoms with Crippen LogP contribution in [0.15, 0.2) is 12.1 Å². The van der Waals surface area contributed by atoms with Crippen molar-refractivity contribution in [2.75, 3.05) is 0 Å². The number of aliphatic carboxylic acids is 1. The first kappa shape index (κ1) is 12.8. The first-order valence-electron chi connectivity index (χ1n) is 3.99. The summed E-state index contributed by atoms with van der Waals surface area (Å²) in [5.74, 6) is -9.54. The minimum Gasteiger partial charge on any atom is -0.477 e. The van der Waals surface area contributed by atoms with Crippen LogP contribution in [0.4, 0.5) is 17.6 Å². The Balaban J connectivity index is 3.15. The van der Waals surface area contributed by atoms with Crippen molar-refractivity contribution in [1.29, 1.82) is 0 Å². The van der Waals surface area contributed by atoms with Crippen LogP contribution < -0.4 is 0 Å². The number of carbonyl (C=O) groups is 1. The molecule has 0 saturated carbocycles. The van der Waals surface area contributed by atoms with Crippen LogP contribution in [0.3, 0.4) is 0 Å². The zero-order chi connectivity index (χ0) is 12.5. The maximum Gasteiger partial charge on any atom is 0.374 e. The summed E-state index contributed by atoms with van der Waals surface area (Å²) in [5, 5.41) is 7.70. The van der Waals surface area contributed by atoms with Crippen LogP contribution in [0.2, 0.25) is 5.02 Å². The average Bonchev–Trinajstić information content (AvgIpc) is 2.18. The smallest absolute Gasteiger partial charge is 0.374 e. The predicted octanol–water partition coefficient (Wildman–Crippen LogP) is 2.88. The monoisotopic (exact) mass is 256 g/mol. The Labute approximate surface area is 92.4 Å². The van der Waals surface area contributed by atoms with Crippen LogP contribution in [-0.4, -0.2) is 17.0 Å². The molecule has 0 amide bonds. The Bertz CT molecular complexity index is 434. The normalized spacial score (nSPS) is 11.6. The Morgan fingerprint density at radius 1 is 1.38 bits per heavy atom. The quantitative estimate of drug-likeness (QED) is 0.667. The summed E-state index contributed by atoms with van der Waals surface area (Å²) in [6.07, 6.45) is -1.50. The molecule has 7 heteroatoms. The summed E-state index contributed by atoms with van der Waals surface area (Å²) in [7, 11) is 0. The lowest BCUT2D eigenvalue weighted by atomic mass is 10.1. The SMILES string of the molecule is O=C(O)C(F)(F)Cc1c(Cl)ccc(F)c1F. The van der Waals surface area contributed by atoms with E-state index in [2.05, 4.69) is 0 Å². The molecule has 0 atom stereocenters. The molecular weight excluding hydrogens is 252 g/mol. The minimum atomic E-state index is -4.20. The van der Waals surface area contributed by atoms with Crippen LogP contribution >= 0.6 is 11.6 Å². The molecular formula is C9H5ClF4O2. The summed E-state index contributed by atoms with van der Waals surface area (Å²) in [4.78, 5) is 10.1. The van der Waals surface area contributed by atoms with Gasteiger partial charge < -0.3 is 5.11 Å². The third-order valence-electron chi connectivity index (χ3n) is 1.85. The van der Waals surface area contributed by atoms with Gasteiger partial charge in [-0.25, -0.2) is 13.6 Å². The Kier molecular flexibility index (Phi) is 3.42. The number of halogens is 5. The Hall–Kier alpha value is -1.30. The zero-order valence-electron chi connectivity index (χ0n) is 7.61. The van der Waals surface area contributed by atoms with Gasteiger partial charge >= 0.3 is 11.9 Å². The van der Waals surface area contributed by atoms with Crippen LogP contribution in [0.5, 0.6) is 0 Å². The van der Waals surface area contributed by atoms with Gasteiger partial charge in [0.15, 0.2) is 11.6 Å². The number of carboxylic acid groups (broad SMARTS) is 1. The largest absolute Gasteiger partial charge is 0.477 e. The fraction of sp³-hybridized carbons (Fsp3) is 0.222. The fourth-order valence-corrected chi connectivity index (χ4v) is 1.24. The van der Waals surface area contributed by atoms with Gasteiger partial charge in [0.2, 0.25) is 0 Å². The first-order chi connectivity index (χ1) is 7.25. The van der Waals surface area contributed by atoms with Gasteiger partial charge in [-0.15, -0.1) is 0 Å². The average molecular weight is 257 g/mol. The highest BCUT2D eigenvalue weighted by molar-refractivity contribution is 6.31. The molecule has 0 aliphatic heterocycles. The topological polar surface area (TPSA) is 37.3 Å². The number of hydrogen-bond donors (Lipinski definition) is 1. The Morgan fingerprint density at radius 2 is 1.94 bits per heavy atom. The standard InChI is InChI=1S/C9H5ClF4O2/c10-5-1-2-6(11)7(12)4(5)3-9(13,14)8(15)16/h1-2H,3H2,(H,15,16). The van der Waals surface area contributed by atoms with Gasteiger partial charge in [0.05, 0.1) is 6.42 Å². The molecule has 0 radical (unpaired) electrons. The van der Waals surface area contributed by atoms with Crippen molar-refractivity contribution in [2.45, 2.75) is 12.3 Å². The molecule has 1 aromatic rings. The van der Waals surface area contributed by atoms with Gasteiger partial charge in [-0.2, -0.15) is 8.78 Å². The van der Waals surface area contributed by atoms with Gasteiger partial charge in [0.1, 0.15) is 0 Å². The van der Waals surface area contributed by atoms with E-state index < -0.39 is 40.5 Å². The maximum absolute atomic E-state index is 13.1. The van der Waals surface area contributed by atoms with Crippen molar-refractivity contribution < 1.29 is 27.5 Å². The molecule has 0 aromatic heterocycles. The molecule has 1 N–H and O–H groups in total. The highest BCUT2D eigenvalue weighted by Crippen LogP contribution is 2.28. The minimum absolute atomic E-state index is 0.445. The second-order valence-corrected chi connectivity index (χ2v) is 3.42. The fourth-order valence-electron chi connectivity index (χ4n) is 1.03. The molecule has 0 fully saturated rings. The summed E-state index contributed by atoms with van der Waals surface area (Å²) in [6.45, 7) is 0. The van der Waals surface area contributed by atoms with Crippen LogP contribution in [0.1, 0.15) is 5.56 Å². The number of rotatable bonds is 3. The van der Waals surface area contributed by atoms with E-state index in [1.165, 1.54) is 0 Å². The van der Waals surface area contributed by atoms with E-state index in [1.807, 2.05) is 0 Å². The van der Waals surface area contributed by atoms with E-state index >= 15 is 0 Å². The molecule has 0 bridgehead atoms. The van der Waals surface area contributed by atoms with Gasteiger partial charge in [0, 0.05) is 10.6 Å². The summed E-state index contributed by atoms with van der Waals surface area (Å²) >= 11 is 5.38. The molecule has 0 unspecified atom stereocenters. The van der Waals surface area contributed by atoms with Gasteiger partial charge in [-0.3, -0.25) is 0 Å². The molecule has 88 valence electrons. The van der Waals surface area contributed by atoms with E-state index in [0.29, 0.717) is 6.07 Å². The lowest BCUT2D eigenvalue weighted by Gasteiger charge is -2.12. The van der Waals surface area contributed by atoms with Crippen molar-refractivity contribution >= 4 is 17.6 Å². The van der Waals surface area contributed by atoms with Crippen molar-refractivity contribution in [3.05, 3.63) is 34.4 Å². The number of carboxylic acids is 1. The van der Waals surface area contributed by atoms with Crippen molar-refractivity contribution in [1.82, 2.24) is 0 Å². The molecule has 2 nitrogen and oxygen atoms in total.